The van der Waals surface area contributed by atoms with Gasteiger partial charge in [0.25, 0.3) is 0 Å². The van der Waals surface area contributed by atoms with Crippen molar-refractivity contribution in [1.82, 2.24) is 0 Å². The van der Waals surface area contributed by atoms with Crippen molar-refractivity contribution in [3.8, 4) is 0 Å². The molecule has 0 aromatic carbocycles. The normalized spacial score (nSPS) is 13.3. The first-order valence-electron chi connectivity index (χ1n) is 6.59. The highest BCUT2D eigenvalue weighted by molar-refractivity contribution is 5.75. The van der Waals surface area contributed by atoms with Crippen molar-refractivity contribution in [2.45, 2.75) is 58.3 Å². The fourth-order valence-corrected chi connectivity index (χ4v) is 2.08. The molecular formula is C14H23NO2. The van der Waals surface area contributed by atoms with Gasteiger partial charge in [-0.1, -0.05) is 44.7 Å². The van der Waals surface area contributed by atoms with Crippen molar-refractivity contribution in [3.63, 3.8) is 0 Å². The Labute approximate surface area is 104 Å². The molecule has 1 N–H and O–H groups in total. The summed E-state index contributed by atoms with van der Waals surface area (Å²) in [5.41, 5.74) is 0. The van der Waals surface area contributed by atoms with Crippen LogP contribution in [0.3, 0.4) is 0 Å². The summed E-state index contributed by atoms with van der Waals surface area (Å²) >= 11 is 0. The van der Waals surface area contributed by atoms with Crippen LogP contribution in [0.5, 0.6) is 0 Å². The molecule has 0 aliphatic carbocycles. The molecule has 1 unspecified atom stereocenters. The van der Waals surface area contributed by atoms with Crippen molar-refractivity contribution in [2.75, 3.05) is 0 Å². The summed E-state index contributed by atoms with van der Waals surface area (Å²) in [4.78, 5) is 0. The van der Waals surface area contributed by atoms with Gasteiger partial charge in [-0.15, -0.1) is 0 Å². The van der Waals surface area contributed by atoms with Crippen LogP contribution in [0, 0.1) is 0 Å². The maximum atomic E-state index is 8.43. The largest absolute Gasteiger partial charge is 0.460 e. The van der Waals surface area contributed by atoms with Crippen LogP contribution in [0.2, 0.25) is 0 Å². The molecule has 1 rings (SSSR count). The van der Waals surface area contributed by atoms with E-state index < -0.39 is 0 Å². The summed E-state index contributed by atoms with van der Waals surface area (Å²) in [7, 11) is 0. The van der Waals surface area contributed by atoms with E-state index in [-0.39, 0.29) is 0 Å². The van der Waals surface area contributed by atoms with E-state index in [4.69, 9.17) is 9.62 Å². The van der Waals surface area contributed by atoms with Gasteiger partial charge < -0.3 is 9.62 Å². The zero-order valence-electron chi connectivity index (χ0n) is 10.9. The summed E-state index contributed by atoms with van der Waals surface area (Å²) in [6.07, 6.45) is 8.75. The first kappa shape index (κ1) is 13.8. The maximum absolute atomic E-state index is 8.43. The Morgan fingerprint density at radius 3 is 2.76 bits per heavy atom. The number of furan rings is 1. The summed E-state index contributed by atoms with van der Waals surface area (Å²) < 4.78 is 5.62. The summed E-state index contributed by atoms with van der Waals surface area (Å²) in [5, 5.41) is 11.4. The summed E-state index contributed by atoms with van der Waals surface area (Å²) in [5.74, 6) is 2.13. The Morgan fingerprint density at radius 2 is 2.12 bits per heavy atom. The number of hydrogen-bond acceptors (Lipinski definition) is 3. The maximum Gasteiger partial charge on any atom is 0.148 e. The third kappa shape index (κ3) is 4.63. The van der Waals surface area contributed by atoms with Crippen molar-refractivity contribution in [2.24, 2.45) is 5.16 Å². The van der Waals surface area contributed by atoms with Crippen LogP contribution in [0.4, 0.5) is 0 Å². The van der Waals surface area contributed by atoms with E-state index in [1.165, 1.54) is 38.3 Å². The van der Waals surface area contributed by atoms with E-state index in [2.05, 4.69) is 19.0 Å². The first-order chi connectivity index (χ1) is 8.31. The van der Waals surface area contributed by atoms with Gasteiger partial charge in [0, 0.05) is 5.92 Å². The quantitative estimate of drug-likeness (QED) is 0.312. The lowest BCUT2D eigenvalue weighted by molar-refractivity contribution is 0.320. The van der Waals surface area contributed by atoms with Gasteiger partial charge in [0.1, 0.15) is 17.7 Å². The standard InChI is InChI=1S/C14H23NO2/c1-3-5-6-7-8-12(4-2)14-10-9-13(17-14)11-15-16/h9-12,16H,3-8H2,1-2H3/b15-11+. The number of unbranched alkanes of at least 4 members (excludes halogenated alkanes) is 3. The molecule has 96 valence electrons. The van der Waals surface area contributed by atoms with Gasteiger partial charge in [-0.2, -0.15) is 0 Å². The van der Waals surface area contributed by atoms with Crippen LogP contribution in [0.1, 0.15) is 69.8 Å². The molecule has 0 aliphatic heterocycles. The highest BCUT2D eigenvalue weighted by Gasteiger charge is 2.13. The van der Waals surface area contributed by atoms with Crippen LogP contribution < -0.4 is 0 Å². The van der Waals surface area contributed by atoms with Crippen LogP contribution in [-0.4, -0.2) is 11.4 Å². The van der Waals surface area contributed by atoms with Crippen LogP contribution in [-0.2, 0) is 0 Å². The third-order valence-corrected chi connectivity index (χ3v) is 3.13. The minimum absolute atomic E-state index is 0.493. The summed E-state index contributed by atoms with van der Waals surface area (Å²) in [6, 6.07) is 3.84. The zero-order valence-corrected chi connectivity index (χ0v) is 10.9. The van der Waals surface area contributed by atoms with Gasteiger partial charge in [-0.3, -0.25) is 0 Å². The fraction of sp³-hybridized carbons (Fsp3) is 0.643. The number of oxime groups is 1. The molecule has 1 aromatic heterocycles. The number of rotatable bonds is 8. The van der Waals surface area contributed by atoms with Crippen molar-refractivity contribution < 1.29 is 9.62 Å². The molecule has 17 heavy (non-hydrogen) atoms. The molecule has 1 aromatic rings. The Kier molecular flexibility index (Phi) is 6.45. The lowest BCUT2D eigenvalue weighted by atomic mass is 9.96. The second kappa shape index (κ2) is 7.93. The van der Waals surface area contributed by atoms with E-state index in [1.807, 2.05) is 12.1 Å². The molecule has 3 heteroatoms. The minimum atomic E-state index is 0.493. The second-order valence-electron chi connectivity index (χ2n) is 4.44. The molecule has 0 saturated heterocycles. The van der Waals surface area contributed by atoms with E-state index >= 15 is 0 Å². The lowest BCUT2D eigenvalue weighted by Gasteiger charge is -2.11. The number of hydrogen-bond donors (Lipinski definition) is 1. The Balaban J connectivity index is 2.47. The van der Waals surface area contributed by atoms with Gasteiger partial charge >= 0.3 is 0 Å². The van der Waals surface area contributed by atoms with Gasteiger partial charge in [0.05, 0.1) is 0 Å². The van der Waals surface area contributed by atoms with Gasteiger partial charge in [0.2, 0.25) is 0 Å². The fourth-order valence-electron chi connectivity index (χ4n) is 2.08. The molecule has 0 fully saturated rings. The van der Waals surface area contributed by atoms with Crippen LogP contribution in [0.15, 0.2) is 21.7 Å². The van der Waals surface area contributed by atoms with Crippen molar-refractivity contribution in [3.05, 3.63) is 23.7 Å². The van der Waals surface area contributed by atoms with Gasteiger partial charge in [0.15, 0.2) is 0 Å². The highest BCUT2D eigenvalue weighted by atomic mass is 16.4. The molecule has 0 aliphatic rings. The Hall–Kier alpha value is -1.25. The van der Waals surface area contributed by atoms with Crippen molar-refractivity contribution >= 4 is 6.21 Å². The predicted octanol–water partition coefficient (Wildman–Crippen LogP) is 4.55. The average Bonchev–Trinajstić information content (AvgIpc) is 2.78. The molecule has 0 spiro atoms. The van der Waals surface area contributed by atoms with Crippen molar-refractivity contribution in [1.29, 1.82) is 0 Å². The number of nitrogens with zero attached hydrogens (tertiary/aromatic N) is 1. The molecule has 3 nitrogen and oxygen atoms in total. The third-order valence-electron chi connectivity index (χ3n) is 3.13. The SMILES string of the molecule is CCCCCCC(CC)c1ccc(/C=N/O)o1. The Bertz CT molecular complexity index is 331. The lowest BCUT2D eigenvalue weighted by Crippen LogP contribution is -1.95. The zero-order chi connectivity index (χ0) is 12.5. The van der Waals surface area contributed by atoms with Gasteiger partial charge in [-0.25, -0.2) is 0 Å². The van der Waals surface area contributed by atoms with E-state index in [0.29, 0.717) is 11.7 Å². The monoisotopic (exact) mass is 237 g/mol. The first-order valence-corrected chi connectivity index (χ1v) is 6.59. The molecule has 1 atom stereocenters. The average molecular weight is 237 g/mol. The predicted molar refractivity (Wildman–Crippen MR) is 69.9 cm³/mol. The van der Waals surface area contributed by atoms with Crippen LogP contribution >= 0.6 is 0 Å². The van der Waals surface area contributed by atoms with E-state index in [1.54, 1.807) is 0 Å². The second-order valence-corrected chi connectivity index (χ2v) is 4.44. The molecular weight excluding hydrogens is 214 g/mol. The van der Waals surface area contributed by atoms with E-state index in [0.717, 1.165) is 12.2 Å². The Morgan fingerprint density at radius 1 is 1.29 bits per heavy atom. The minimum Gasteiger partial charge on any atom is -0.460 e. The molecule has 0 amide bonds. The topological polar surface area (TPSA) is 45.7 Å². The van der Waals surface area contributed by atoms with Gasteiger partial charge in [-0.05, 0) is 25.0 Å². The van der Waals surface area contributed by atoms with E-state index in [9.17, 15) is 0 Å². The molecule has 0 bridgehead atoms. The molecule has 0 radical (unpaired) electrons. The van der Waals surface area contributed by atoms with Crippen LogP contribution in [0.25, 0.3) is 0 Å². The molecule has 0 saturated carbocycles. The highest BCUT2D eigenvalue weighted by Crippen LogP contribution is 2.27. The summed E-state index contributed by atoms with van der Waals surface area (Å²) in [6.45, 7) is 4.41. The molecule has 1 heterocycles. The smallest absolute Gasteiger partial charge is 0.148 e.